The lowest BCUT2D eigenvalue weighted by molar-refractivity contribution is 0.0943. The Hall–Kier alpha value is -1.30. The predicted molar refractivity (Wildman–Crippen MR) is 90.0 cm³/mol. The number of anilines is 1. The first-order chi connectivity index (χ1) is 10.1. The van der Waals surface area contributed by atoms with E-state index in [4.69, 9.17) is 0 Å². The summed E-state index contributed by atoms with van der Waals surface area (Å²) in [5.74, 6) is 0.481. The fourth-order valence-corrected chi connectivity index (χ4v) is 2.80. The molecular weight excluding hydrogens is 284 g/mol. The lowest BCUT2D eigenvalue weighted by Gasteiger charge is -2.29. The van der Waals surface area contributed by atoms with Gasteiger partial charge in [-0.2, -0.15) is 11.8 Å². The maximum absolute atomic E-state index is 12.2. The Kier molecular flexibility index (Phi) is 7.50. The Morgan fingerprint density at radius 3 is 2.57 bits per heavy atom. The molecule has 1 aromatic heterocycles. The minimum atomic E-state index is -0.164. The third kappa shape index (κ3) is 5.19. The van der Waals surface area contributed by atoms with Crippen LogP contribution in [0.5, 0.6) is 0 Å². The Bertz CT molecular complexity index is 441. The molecule has 1 rings (SSSR count). The molecule has 0 unspecified atom stereocenters. The molecule has 2 N–H and O–H groups in total. The fraction of sp³-hybridized carbons (Fsp3) is 0.667. The Labute approximate surface area is 131 Å². The fourth-order valence-electron chi connectivity index (χ4n) is 2.01. The molecule has 5 nitrogen and oxygen atoms in total. The van der Waals surface area contributed by atoms with E-state index in [1.165, 1.54) is 6.20 Å². The summed E-state index contributed by atoms with van der Waals surface area (Å²) in [6.07, 6.45) is 8.28. The number of hydrogen-bond acceptors (Lipinski definition) is 5. The number of carbonyl (C=O) groups excluding carboxylic acids is 1. The third-order valence-electron chi connectivity index (χ3n) is 3.72. The highest BCUT2D eigenvalue weighted by Crippen LogP contribution is 2.29. The van der Waals surface area contributed by atoms with Gasteiger partial charge in [-0.25, -0.2) is 4.98 Å². The van der Waals surface area contributed by atoms with Crippen molar-refractivity contribution >= 4 is 23.5 Å². The van der Waals surface area contributed by atoms with E-state index < -0.39 is 0 Å². The van der Waals surface area contributed by atoms with Crippen LogP contribution < -0.4 is 10.6 Å². The molecule has 0 fully saturated rings. The summed E-state index contributed by atoms with van der Waals surface area (Å²) < 4.78 is 0.0984. The number of amides is 1. The van der Waals surface area contributed by atoms with Gasteiger partial charge >= 0.3 is 0 Å². The molecule has 0 bridgehead atoms. The average molecular weight is 310 g/mol. The van der Waals surface area contributed by atoms with Gasteiger partial charge in [-0.3, -0.25) is 9.78 Å². The number of nitrogens with zero attached hydrogens (tertiary/aromatic N) is 2. The molecule has 1 aromatic rings. The van der Waals surface area contributed by atoms with Crippen LogP contribution >= 0.6 is 11.8 Å². The molecule has 0 atom stereocenters. The van der Waals surface area contributed by atoms with Gasteiger partial charge in [0.05, 0.1) is 12.4 Å². The normalized spacial score (nSPS) is 11.2. The molecule has 1 heterocycles. The summed E-state index contributed by atoms with van der Waals surface area (Å²) in [6, 6.07) is 0. The second kappa shape index (κ2) is 8.87. The van der Waals surface area contributed by atoms with Gasteiger partial charge < -0.3 is 10.6 Å². The van der Waals surface area contributed by atoms with Gasteiger partial charge in [-0.15, -0.1) is 0 Å². The molecule has 0 aliphatic rings. The topological polar surface area (TPSA) is 66.9 Å². The Balaban J connectivity index is 2.67. The first-order valence-electron chi connectivity index (χ1n) is 7.50. The number of rotatable bonds is 9. The number of aromatic nitrogens is 2. The molecule has 0 spiro atoms. The van der Waals surface area contributed by atoms with Gasteiger partial charge in [-0.1, -0.05) is 20.8 Å². The van der Waals surface area contributed by atoms with Crippen LogP contribution in [0, 0.1) is 0 Å². The van der Waals surface area contributed by atoms with Crippen LogP contribution in [-0.4, -0.2) is 40.0 Å². The molecular formula is C15H26N4OS. The average Bonchev–Trinajstić information content (AvgIpc) is 2.54. The van der Waals surface area contributed by atoms with Gasteiger partial charge in [-0.05, 0) is 25.5 Å². The SMILES string of the molecule is CCCNc1cncc(C(=O)NCC(CC)(CC)SC)n1. The maximum Gasteiger partial charge on any atom is 0.271 e. The van der Waals surface area contributed by atoms with E-state index >= 15 is 0 Å². The summed E-state index contributed by atoms with van der Waals surface area (Å²) in [4.78, 5) is 20.6. The van der Waals surface area contributed by atoms with Crippen molar-refractivity contribution in [3.05, 3.63) is 18.1 Å². The number of carbonyl (C=O) groups is 1. The van der Waals surface area contributed by atoms with Gasteiger partial charge in [0, 0.05) is 17.8 Å². The van der Waals surface area contributed by atoms with E-state index in [1.807, 2.05) is 0 Å². The van der Waals surface area contributed by atoms with Crippen molar-refractivity contribution in [3.63, 3.8) is 0 Å². The summed E-state index contributed by atoms with van der Waals surface area (Å²) in [7, 11) is 0. The van der Waals surface area contributed by atoms with Crippen LogP contribution in [0.1, 0.15) is 50.5 Å². The van der Waals surface area contributed by atoms with E-state index in [0.29, 0.717) is 18.1 Å². The summed E-state index contributed by atoms with van der Waals surface area (Å²) in [6.45, 7) is 7.85. The van der Waals surface area contributed by atoms with Crippen LogP contribution in [-0.2, 0) is 0 Å². The molecule has 0 saturated heterocycles. The van der Waals surface area contributed by atoms with Crippen LogP contribution in [0.15, 0.2) is 12.4 Å². The smallest absolute Gasteiger partial charge is 0.271 e. The number of hydrogen-bond donors (Lipinski definition) is 2. The monoisotopic (exact) mass is 310 g/mol. The number of nitrogens with one attached hydrogen (secondary N) is 2. The minimum Gasteiger partial charge on any atom is -0.369 e. The van der Waals surface area contributed by atoms with Crippen LogP contribution in [0.25, 0.3) is 0 Å². The Morgan fingerprint density at radius 1 is 1.29 bits per heavy atom. The van der Waals surface area contributed by atoms with Gasteiger partial charge in [0.15, 0.2) is 0 Å². The Morgan fingerprint density at radius 2 is 2.00 bits per heavy atom. The van der Waals surface area contributed by atoms with Crippen molar-refractivity contribution in [2.45, 2.75) is 44.8 Å². The van der Waals surface area contributed by atoms with Crippen molar-refractivity contribution in [1.82, 2.24) is 15.3 Å². The third-order valence-corrected chi connectivity index (χ3v) is 5.30. The summed E-state index contributed by atoms with van der Waals surface area (Å²) >= 11 is 1.81. The first kappa shape index (κ1) is 17.8. The number of thioether (sulfide) groups is 1. The van der Waals surface area contributed by atoms with E-state index in [9.17, 15) is 4.79 Å². The molecule has 118 valence electrons. The van der Waals surface area contributed by atoms with E-state index in [0.717, 1.165) is 25.8 Å². The second-order valence-electron chi connectivity index (χ2n) is 4.99. The van der Waals surface area contributed by atoms with Crippen molar-refractivity contribution in [2.75, 3.05) is 24.7 Å². The van der Waals surface area contributed by atoms with Gasteiger partial charge in [0.25, 0.3) is 5.91 Å². The van der Waals surface area contributed by atoms with Crippen LogP contribution in [0.4, 0.5) is 5.82 Å². The van der Waals surface area contributed by atoms with E-state index in [-0.39, 0.29) is 10.7 Å². The largest absolute Gasteiger partial charge is 0.369 e. The highest BCUT2D eigenvalue weighted by atomic mass is 32.2. The van der Waals surface area contributed by atoms with Gasteiger partial charge in [0.1, 0.15) is 11.5 Å². The lowest BCUT2D eigenvalue weighted by atomic mass is 10.0. The molecule has 21 heavy (non-hydrogen) atoms. The second-order valence-corrected chi connectivity index (χ2v) is 6.27. The van der Waals surface area contributed by atoms with Crippen molar-refractivity contribution in [2.24, 2.45) is 0 Å². The van der Waals surface area contributed by atoms with E-state index in [1.54, 1.807) is 18.0 Å². The predicted octanol–water partition coefficient (Wildman–Crippen LogP) is 2.95. The molecule has 0 aliphatic heterocycles. The molecule has 6 heteroatoms. The highest BCUT2D eigenvalue weighted by molar-refractivity contribution is 8.00. The summed E-state index contributed by atoms with van der Waals surface area (Å²) in [5.41, 5.74) is 0.360. The molecule has 0 radical (unpaired) electrons. The zero-order chi connectivity index (χ0) is 15.7. The van der Waals surface area contributed by atoms with Crippen molar-refractivity contribution in [3.8, 4) is 0 Å². The first-order valence-corrected chi connectivity index (χ1v) is 8.72. The van der Waals surface area contributed by atoms with Gasteiger partial charge in [0.2, 0.25) is 0 Å². The maximum atomic E-state index is 12.2. The quantitative estimate of drug-likeness (QED) is 0.734. The lowest BCUT2D eigenvalue weighted by Crippen LogP contribution is -2.39. The summed E-state index contributed by atoms with van der Waals surface area (Å²) in [5, 5.41) is 6.12. The minimum absolute atomic E-state index is 0.0984. The van der Waals surface area contributed by atoms with Crippen LogP contribution in [0.3, 0.4) is 0 Å². The molecule has 0 aliphatic carbocycles. The standard InChI is InChI=1S/C15H26N4OS/c1-5-8-17-13-10-16-9-12(19-13)14(20)18-11-15(6-2,7-3)21-4/h9-10H,5-8,11H2,1-4H3,(H,17,19)(H,18,20). The van der Waals surface area contributed by atoms with Crippen molar-refractivity contribution < 1.29 is 4.79 Å². The van der Waals surface area contributed by atoms with E-state index in [2.05, 4.69) is 47.6 Å². The van der Waals surface area contributed by atoms with Crippen molar-refractivity contribution in [1.29, 1.82) is 0 Å². The molecule has 0 saturated carbocycles. The molecule has 0 aromatic carbocycles. The zero-order valence-electron chi connectivity index (χ0n) is 13.4. The zero-order valence-corrected chi connectivity index (χ0v) is 14.2. The van der Waals surface area contributed by atoms with Crippen LogP contribution in [0.2, 0.25) is 0 Å². The highest BCUT2D eigenvalue weighted by Gasteiger charge is 2.25. The molecule has 1 amide bonds.